The number of anilines is 1. The molecule has 0 aliphatic carbocycles. The van der Waals surface area contributed by atoms with Gasteiger partial charge in [0, 0.05) is 5.69 Å². The molecule has 1 aromatic carbocycles. The molecule has 1 heterocycles. The molecule has 1 aliphatic heterocycles. The molecule has 2 N–H and O–H groups in total. The Labute approximate surface area is 65.9 Å². The Morgan fingerprint density at radius 2 is 2.09 bits per heavy atom. The Hall–Kier alpha value is -1.44. The van der Waals surface area contributed by atoms with Crippen LogP contribution < -0.4 is 10.6 Å². The number of fused-ring (bicyclic) bond motifs is 1. The third kappa shape index (κ3) is 1.19. The lowest BCUT2D eigenvalue weighted by molar-refractivity contribution is 0.942. The van der Waals surface area contributed by atoms with Gasteiger partial charge in [-0.15, -0.1) is 0 Å². The van der Waals surface area contributed by atoms with E-state index in [0.29, 0.717) is 0 Å². The second-order valence-corrected chi connectivity index (χ2v) is 2.48. The second-order valence-electron chi connectivity index (χ2n) is 2.48. The molecular formula is C9H10N2. The van der Waals surface area contributed by atoms with Crippen molar-refractivity contribution in [2.45, 2.75) is 0 Å². The van der Waals surface area contributed by atoms with Crippen LogP contribution in [0.4, 0.5) is 5.69 Å². The van der Waals surface area contributed by atoms with E-state index in [2.05, 4.69) is 28.8 Å². The Kier molecular flexibility index (Phi) is 1.52. The maximum atomic E-state index is 3.25. The highest BCUT2D eigenvalue weighted by Gasteiger charge is 1.98. The van der Waals surface area contributed by atoms with Gasteiger partial charge >= 0.3 is 0 Å². The summed E-state index contributed by atoms with van der Waals surface area (Å²) in [5.74, 6) is 0. The molecule has 0 radical (unpaired) electrons. The Balaban J connectivity index is 2.45. The number of benzene rings is 1. The monoisotopic (exact) mass is 146 g/mol. The molecule has 1 aromatic rings. The van der Waals surface area contributed by atoms with E-state index in [-0.39, 0.29) is 0 Å². The fourth-order valence-electron chi connectivity index (χ4n) is 1.16. The van der Waals surface area contributed by atoms with Crippen molar-refractivity contribution in [3.8, 4) is 0 Å². The lowest BCUT2D eigenvalue weighted by Crippen LogP contribution is -2.14. The molecule has 0 bridgehead atoms. The van der Waals surface area contributed by atoms with Crippen molar-refractivity contribution in [3.63, 3.8) is 0 Å². The number of hydrogen-bond donors (Lipinski definition) is 2. The average Bonchev–Trinajstić information content (AvgIpc) is 2.28. The molecule has 2 heteroatoms. The molecule has 0 spiro atoms. The molecule has 0 aromatic heterocycles. The van der Waals surface area contributed by atoms with E-state index in [1.54, 1.807) is 0 Å². The Morgan fingerprint density at radius 1 is 1.18 bits per heavy atom. The average molecular weight is 146 g/mol. The Bertz CT molecular complexity index is 279. The highest BCUT2D eigenvalue weighted by Crippen LogP contribution is 2.16. The van der Waals surface area contributed by atoms with Crippen LogP contribution in [0, 0.1) is 0 Å². The summed E-state index contributed by atoms with van der Waals surface area (Å²) in [5, 5.41) is 6.35. The van der Waals surface area contributed by atoms with Crippen molar-refractivity contribution < 1.29 is 0 Å². The number of rotatable bonds is 0. The van der Waals surface area contributed by atoms with Crippen LogP contribution in [0.15, 0.2) is 30.5 Å². The van der Waals surface area contributed by atoms with Crippen LogP contribution in [0.5, 0.6) is 0 Å². The van der Waals surface area contributed by atoms with Crippen molar-refractivity contribution in [2.75, 3.05) is 12.0 Å². The highest BCUT2D eigenvalue weighted by molar-refractivity contribution is 5.67. The van der Waals surface area contributed by atoms with Gasteiger partial charge in [0.1, 0.15) is 0 Å². The second kappa shape index (κ2) is 2.66. The molecule has 2 nitrogen and oxygen atoms in total. The summed E-state index contributed by atoms with van der Waals surface area (Å²) in [6, 6.07) is 8.24. The van der Waals surface area contributed by atoms with Gasteiger partial charge in [0.15, 0.2) is 0 Å². The lowest BCUT2D eigenvalue weighted by atomic mass is 10.2. The first-order chi connectivity index (χ1) is 5.47. The normalized spacial score (nSPS) is 14.2. The summed E-state index contributed by atoms with van der Waals surface area (Å²) in [5.41, 5.74) is 2.42. The van der Waals surface area contributed by atoms with Gasteiger partial charge in [-0.25, -0.2) is 0 Å². The number of para-hydroxylation sites is 1. The predicted molar refractivity (Wildman–Crippen MR) is 47.1 cm³/mol. The van der Waals surface area contributed by atoms with Crippen LogP contribution in [0.2, 0.25) is 0 Å². The summed E-state index contributed by atoms with van der Waals surface area (Å²) in [6.07, 6.45) is 4.02. The van der Waals surface area contributed by atoms with Crippen LogP contribution in [-0.2, 0) is 0 Å². The molecule has 0 atom stereocenters. The summed E-state index contributed by atoms with van der Waals surface area (Å²) in [6.45, 7) is 0.799. The Morgan fingerprint density at radius 3 is 3.09 bits per heavy atom. The summed E-state index contributed by atoms with van der Waals surface area (Å²) in [4.78, 5) is 0. The van der Waals surface area contributed by atoms with E-state index in [9.17, 15) is 0 Å². The predicted octanol–water partition coefficient (Wildman–Crippen LogP) is 1.63. The SMILES string of the molecule is C1=Cc2ccccc2NCN1. The van der Waals surface area contributed by atoms with Crippen LogP contribution in [-0.4, -0.2) is 6.67 Å². The minimum atomic E-state index is 0.799. The third-order valence-corrected chi connectivity index (χ3v) is 1.72. The smallest absolute Gasteiger partial charge is 0.0844 e. The highest BCUT2D eigenvalue weighted by atomic mass is 15.1. The minimum Gasteiger partial charge on any atom is -0.374 e. The molecule has 0 unspecified atom stereocenters. The molecule has 56 valence electrons. The summed E-state index contributed by atoms with van der Waals surface area (Å²) < 4.78 is 0. The molecule has 0 saturated heterocycles. The van der Waals surface area contributed by atoms with Gasteiger partial charge in [-0.3, -0.25) is 0 Å². The molecule has 0 fully saturated rings. The minimum absolute atomic E-state index is 0.799. The quantitative estimate of drug-likeness (QED) is 0.581. The topological polar surface area (TPSA) is 24.1 Å². The van der Waals surface area contributed by atoms with Crippen LogP contribution in [0.1, 0.15) is 5.56 Å². The maximum Gasteiger partial charge on any atom is 0.0844 e. The van der Waals surface area contributed by atoms with E-state index in [0.717, 1.165) is 6.67 Å². The van der Waals surface area contributed by atoms with Gasteiger partial charge in [0.25, 0.3) is 0 Å². The van der Waals surface area contributed by atoms with Crippen molar-refractivity contribution in [1.82, 2.24) is 5.32 Å². The van der Waals surface area contributed by atoms with Gasteiger partial charge < -0.3 is 10.6 Å². The van der Waals surface area contributed by atoms with E-state index >= 15 is 0 Å². The number of nitrogens with one attached hydrogen (secondary N) is 2. The molecular weight excluding hydrogens is 136 g/mol. The van der Waals surface area contributed by atoms with Gasteiger partial charge in [0.05, 0.1) is 6.67 Å². The fourth-order valence-corrected chi connectivity index (χ4v) is 1.16. The van der Waals surface area contributed by atoms with Gasteiger partial charge in [-0.05, 0) is 23.9 Å². The van der Waals surface area contributed by atoms with Crippen molar-refractivity contribution in [2.24, 2.45) is 0 Å². The van der Waals surface area contributed by atoms with Crippen molar-refractivity contribution in [1.29, 1.82) is 0 Å². The van der Waals surface area contributed by atoms with E-state index in [4.69, 9.17) is 0 Å². The fraction of sp³-hybridized carbons (Fsp3) is 0.111. The maximum absolute atomic E-state index is 3.25. The van der Waals surface area contributed by atoms with E-state index in [1.165, 1.54) is 11.3 Å². The van der Waals surface area contributed by atoms with Crippen LogP contribution in [0.3, 0.4) is 0 Å². The third-order valence-electron chi connectivity index (χ3n) is 1.72. The van der Waals surface area contributed by atoms with Crippen molar-refractivity contribution in [3.05, 3.63) is 36.0 Å². The molecule has 1 aliphatic rings. The van der Waals surface area contributed by atoms with Crippen LogP contribution >= 0.6 is 0 Å². The summed E-state index contributed by atoms with van der Waals surface area (Å²) >= 11 is 0. The lowest BCUT2D eigenvalue weighted by Gasteiger charge is -2.04. The standard InChI is InChI=1S/C9H10N2/c1-2-4-9-8(3-1)5-6-10-7-11-9/h1-6,10-11H,7H2. The molecule has 2 rings (SSSR count). The van der Waals surface area contributed by atoms with Gasteiger partial charge in [-0.2, -0.15) is 0 Å². The van der Waals surface area contributed by atoms with Gasteiger partial charge in [0.2, 0.25) is 0 Å². The first kappa shape index (κ1) is 6.28. The first-order valence-corrected chi connectivity index (χ1v) is 3.70. The molecule has 0 amide bonds. The van der Waals surface area contributed by atoms with Gasteiger partial charge in [-0.1, -0.05) is 18.2 Å². The zero-order valence-electron chi connectivity index (χ0n) is 6.17. The van der Waals surface area contributed by atoms with E-state index in [1.807, 2.05) is 18.3 Å². The number of hydrogen-bond acceptors (Lipinski definition) is 2. The largest absolute Gasteiger partial charge is 0.374 e. The van der Waals surface area contributed by atoms with Crippen LogP contribution in [0.25, 0.3) is 6.08 Å². The van der Waals surface area contributed by atoms with Crippen molar-refractivity contribution >= 4 is 11.8 Å². The zero-order chi connectivity index (χ0) is 7.52. The first-order valence-electron chi connectivity index (χ1n) is 3.70. The molecule has 0 saturated carbocycles. The molecule has 11 heavy (non-hydrogen) atoms. The zero-order valence-corrected chi connectivity index (χ0v) is 6.17. The summed E-state index contributed by atoms with van der Waals surface area (Å²) in [7, 11) is 0. The van der Waals surface area contributed by atoms with E-state index < -0.39 is 0 Å².